The molecule has 4 nitrogen and oxygen atoms in total. The zero-order valence-corrected chi connectivity index (χ0v) is 12.0. The Bertz CT molecular complexity index is 529. The Morgan fingerprint density at radius 2 is 2.16 bits per heavy atom. The van der Waals surface area contributed by atoms with Crippen LogP contribution in [0, 0.1) is 5.41 Å². The van der Waals surface area contributed by atoms with Crippen molar-refractivity contribution in [3.05, 3.63) is 28.8 Å². The average Bonchev–Trinajstić information content (AvgIpc) is 3.18. The predicted molar refractivity (Wildman–Crippen MR) is 74.9 cm³/mol. The number of hydrogen-bond donors (Lipinski definition) is 2. The quantitative estimate of drug-likeness (QED) is 0.820. The second kappa shape index (κ2) is 5.43. The minimum atomic E-state index is -0.850. The highest BCUT2D eigenvalue weighted by atomic mass is 35.5. The first-order valence-electron chi connectivity index (χ1n) is 5.84. The van der Waals surface area contributed by atoms with Crippen LogP contribution >= 0.6 is 23.4 Å². The Kier molecular flexibility index (Phi) is 4.06. The number of carbonyl (C=O) groups excluding carboxylic acids is 1. The molecule has 6 heteroatoms. The van der Waals surface area contributed by atoms with Crippen molar-refractivity contribution in [2.75, 3.05) is 12.8 Å². The molecular formula is C13H14ClNO3S. The average molecular weight is 300 g/mol. The molecule has 102 valence electrons. The molecular weight excluding hydrogens is 286 g/mol. The van der Waals surface area contributed by atoms with Crippen LogP contribution < -0.4 is 5.32 Å². The van der Waals surface area contributed by atoms with Gasteiger partial charge in [-0.25, -0.2) is 0 Å². The Hall–Kier alpha value is -1.20. The summed E-state index contributed by atoms with van der Waals surface area (Å²) in [6.07, 6.45) is 3.14. The molecule has 1 fully saturated rings. The van der Waals surface area contributed by atoms with E-state index in [0.717, 1.165) is 4.90 Å². The number of hydrogen-bond acceptors (Lipinski definition) is 3. The van der Waals surface area contributed by atoms with E-state index in [2.05, 4.69) is 5.32 Å². The van der Waals surface area contributed by atoms with E-state index < -0.39 is 11.4 Å². The maximum Gasteiger partial charge on any atom is 0.311 e. The van der Waals surface area contributed by atoms with Crippen LogP contribution in [-0.2, 0) is 4.79 Å². The van der Waals surface area contributed by atoms with Crippen LogP contribution in [0.25, 0.3) is 0 Å². The highest BCUT2D eigenvalue weighted by Gasteiger charge is 2.50. The topological polar surface area (TPSA) is 66.4 Å². The van der Waals surface area contributed by atoms with E-state index in [1.54, 1.807) is 12.1 Å². The molecule has 1 aliphatic rings. The van der Waals surface area contributed by atoms with Crippen LogP contribution in [0.1, 0.15) is 23.2 Å². The molecule has 0 saturated heterocycles. The molecule has 2 rings (SSSR count). The summed E-state index contributed by atoms with van der Waals surface area (Å²) in [4.78, 5) is 24.0. The van der Waals surface area contributed by atoms with E-state index in [9.17, 15) is 9.59 Å². The lowest BCUT2D eigenvalue weighted by molar-refractivity contribution is -0.143. The van der Waals surface area contributed by atoms with Gasteiger partial charge >= 0.3 is 5.97 Å². The van der Waals surface area contributed by atoms with Crippen LogP contribution in [0.3, 0.4) is 0 Å². The molecule has 1 saturated carbocycles. The summed E-state index contributed by atoms with van der Waals surface area (Å²) < 4.78 is 0. The minimum absolute atomic E-state index is 0.154. The van der Waals surface area contributed by atoms with Gasteiger partial charge < -0.3 is 10.4 Å². The third-order valence-corrected chi connectivity index (χ3v) is 4.37. The smallest absolute Gasteiger partial charge is 0.311 e. The number of carbonyl (C=O) groups is 2. The van der Waals surface area contributed by atoms with E-state index in [4.69, 9.17) is 16.7 Å². The predicted octanol–water partition coefficient (Wildman–Crippen LogP) is 2.66. The molecule has 2 N–H and O–H groups in total. The third kappa shape index (κ3) is 3.04. The van der Waals surface area contributed by atoms with Crippen LogP contribution in [-0.4, -0.2) is 29.8 Å². The normalized spacial score (nSPS) is 15.9. The summed E-state index contributed by atoms with van der Waals surface area (Å²) >= 11 is 7.51. The van der Waals surface area contributed by atoms with Gasteiger partial charge in [0.1, 0.15) is 0 Å². The highest BCUT2D eigenvalue weighted by Crippen LogP contribution is 2.45. The number of thioether (sulfide) groups is 1. The summed E-state index contributed by atoms with van der Waals surface area (Å²) in [5.41, 5.74) is -0.381. The number of rotatable bonds is 5. The van der Waals surface area contributed by atoms with Crippen molar-refractivity contribution in [3.63, 3.8) is 0 Å². The summed E-state index contributed by atoms with van der Waals surface area (Å²) in [7, 11) is 0. The molecule has 1 aromatic rings. The summed E-state index contributed by atoms with van der Waals surface area (Å²) in [6, 6.07) is 5.22. The van der Waals surface area contributed by atoms with Gasteiger partial charge in [-0.1, -0.05) is 11.6 Å². The molecule has 1 amide bonds. The molecule has 1 aliphatic carbocycles. The van der Waals surface area contributed by atoms with Crippen LogP contribution in [0.4, 0.5) is 0 Å². The van der Waals surface area contributed by atoms with Crippen molar-refractivity contribution in [1.82, 2.24) is 5.32 Å². The summed E-state index contributed by atoms with van der Waals surface area (Å²) in [5.74, 6) is -1.18. The van der Waals surface area contributed by atoms with E-state index in [-0.39, 0.29) is 12.5 Å². The van der Waals surface area contributed by atoms with E-state index >= 15 is 0 Å². The van der Waals surface area contributed by atoms with Gasteiger partial charge in [-0.2, -0.15) is 0 Å². The molecule has 19 heavy (non-hydrogen) atoms. The number of nitrogens with one attached hydrogen (secondary N) is 1. The van der Waals surface area contributed by atoms with E-state index in [1.165, 1.54) is 11.8 Å². The lowest BCUT2D eigenvalue weighted by atomic mass is 10.1. The Morgan fingerprint density at radius 1 is 1.47 bits per heavy atom. The monoisotopic (exact) mass is 299 g/mol. The fraction of sp³-hybridized carbons (Fsp3) is 0.385. The van der Waals surface area contributed by atoms with E-state index in [0.29, 0.717) is 23.4 Å². The highest BCUT2D eigenvalue weighted by molar-refractivity contribution is 7.98. The van der Waals surface area contributed by atoms with Gasteiger partial charge in [0.05, 0.1) is 16.0 Å². The van der Waals surface area contributed by atoms with Crippen molar-refractivity contribution in [2.24, 2.45) is 5.41 Å². The minimum Gasteiger partial charge on any atom is -0.481 e. The first-order valence-corrected chi connectivity index (χ1v) is 7.44. The van der Waals surface area contributed by atoms with Crippen LogP contribution in [0.2, 0.25) is 5.02 Å². The summed E-state index contributed by atoms with van der Waals surface area (Å²) in [6.45, 7) is 0.154. The summed E-state index contributed by atoms with van der Waals surface area (Å²) in [5, 5.41) is 12.1. The molecule has 0 bridgehead atoms. The van der Waals surface area contributed by atoms with Gasteiger partial charge in [-0.3, -0.25) is 9.59 Å². The zero-order chi connectivity index (χ0) is 14.0. The number of halogens is 1. The lowest BCUT2D eigenvalue weighted by Crippen LogP contribution is -2.34. The number of aliphatic carboxylic acids is 1. The zero-order valence-electron chi connectivity index (χ0n) is 10.4. The third-order valence-electron chi connectivity index (χ3n) is 3.31. The molecule has 0 unspecified atom stereocenters. The first kappa shape index (κ1) is 14.2. The molecule has 0 aliphatic heterocycles. The molecule has 1 aromatic carbocycles. The van der Waals surface area contributed by atoms with Gasteiger partial charge in [-0.15, -0.1) is 11.8 Å². The Labute approximate surface area is 120 Å². The maximum atomic E-state index is 12.0. The fourth-order valence-corrected chi connectivity index (χ4v) is 2.41. The van der Waals surface area contributed by atoms with Crippen molar-refractivity contribution in [1.29, 1.82) is 0 Å². The fourth-order valence-electron chi connectivity index (χ4n) is 1.77. The second-order valence-electron chi connectivity index (χ2n) is 4.61. The SMILES string of the molecule is CSc1ccc(Cl)c(C(=O)NCC2(C(=O)O)CC2)c1. The van der Waals surface area contributed by atoms with Gasteiger partial charge in [0.15, 0.2) is 0 Å². The molecule has 0 heterocycles. The second-order valence-corrected chi connectivity index (χ2v) is 5.90. The van der Waals surface area contributed by atoms with Gasteiger partial charge in [-0.05, 0) is 37.3 Å². The van der Waals surface area contributed by atoms with E-state index in [1.807, 2.05) is 12.3 Å². The van der Waals surface area contributed by atoms with Gasteiger partial charge in [0, 0.05) is 11.4 Å². The largest absolute Gasteiger partial charge is 0.481 e. The van der Waals surface area contributed by atoms with Crippen molar-refractivity contribution in [3.8, 4) is 0 Å². The van der Waals surface area contributed by atoms with Crippen molar-refractivity contribution < 1.29 is 14.7 Å². The standard InChI is InChI=1S/C13H14ClNO3S/c1-19-8-2-3-10(14)9(6-8)11(16)15-7-13(4-5-13)12(17)18/h2-3,6H,4-5,7H2,1H3,(H,15,16)(H,17,18). The Balaban J connectivity index is 2.06. The van der Waals surface area contributed by atoms with Crippen molar-refractivity contribution in [2.45, 2.75) is 17.7 Å². The number of amides is 1. The lowest BCUT2D eigenvalue weighted by Gasteiger charge is -2.12. The number of benzene rings is 1. The first-order chi connectivity index (χ1) is 8.98. The molecule has 0 atom stereocenters. The van der Waals surface area contributed by atoms with Crippen LogP contribution in [0.5, 0.6) is 0 Å². The molecule has 0 aromatic heterocycles. The van der Waals surface area contributed by atoms with Crippen LogP contribution in [0.15, 0.2) is 23.1 Å². The molecule has 0 radical (unpaired) electrons. The number of carboxylic acids is 1. The molecule has 0 spiro atoms. The van der Waals surface area contributed by atoms with Crippen molar-refractivity contribution >= 4 is 35.2 Å². The number of carboxylic acid groups (broad SMARTS) is 1. The van der Waals surface area contributed by atoms with Gasteiger partial charge in [0.2, 0.25) is 0 Å². The Morgan fingerprint density at radius 3 is 2.68 bits per heavy atom. The van der Waals surface area contributed by atoms with Gasteiger partial charge in [0.25, 0.3) is 5.91 Å². The maximum absolute atomic E-state index is 12.0.